The van der Waals surface area contributed by atoms with Gasteiger partial charge in [-0.1, -0.05) is 0 Å². The van der Waals surface area contributed by atoms with E-state index in [4.69, 9.17) is 10.5 Å². The molecule has 0 saturated heterocycles. The highest BCUT2D eigenvalue weighted by atomic mass is 16.5. The molecule has 3 heteroatoms. The van der Waals surface area contributed by atoms with Crippen molar-refractivity contribution >= 4 is 0 Å². The fourth-order valence-electron chi connectivity index (χ4n) is 0.595. The molecule has 3 N–H and O–H groups in total. The maximum atomic E-state index is 5.37. The summed E-state index contributed by atoms with van der Waals surface area (Å²) in [6, 6.07) is 0. The molecule has 1 aliphatic rings. The first-order chi connectivity index (χ1) is 3.80. The van der Waals surface area contributed by atoms with Gasteiger partial charge in [-0.25, -0.2) is 0 Å². The van der Waals surface area contributed by atoms with E-state index in [1.165, 1.54) is 0 Å². The molecule has 1 heterocycles. The van der Waals surface area contributed by atoms with Gasteiger partial charge in [0.15, 0.2) is 0 Å². The van der Waals surface area contributed by atoms with Crippen LogP contribution in [0.4, 0.5) is 0 Å². The highest BCUT2D eigenvalue weighted by molar-refractivity contribution is 5.01. The molecule has 1 rings (SSSR count). The van der Waals surface area contributed by atoms with Crippen LogP contribution in [0.1, 0.15) is 6.92 Å². The van der Waals surface area contributed by atoms with Crippen LogP contribution >= 0.6 is 0 Å². The predicted molar refractivity (Wildman–Crippen MR) is 30.8 cm³/mol. The fraction of sp³-hybridized carbons (Fsp3) is 0.600. The molecule has 3 nitrogen and oxygen atoms in total. The summed E-state index contributed by atoms with van der Waals surface area (Å²) in [5.74, 6) is 0.524. The van der Waals surface area contributed by atoms with Gasteiger partial charge in [0, 0.05) is 6.54 Å². The van der Waals surface area contributed by atoms with Gasteiger partial charge in [-0.3, -0.25) is 0 Å². The van der Waals surface area contributed by atoms with Crippen molar-refractivity contribution < 1.29 is 4.74 Å². The molecule has 0 aliphatic carbocycles. The Bertz CT molecular complexity index is 106. The van der Waals surface area contributed by atoms with Gasteiger partial charge in [0.25, 0.3) is 0 Å². The van der Waals surface area contributed by atoms with E-state index in [0.717, 1.165) is 12.2 Å². The Balaban J connectivity index is 2.60. The normalized spacial score (nSPS) is 19.6. The van der Waals surface area contributed by atoms with Gasteiger partial charge in [0.1, 0.15) is 6.61 Å². The van der Waals surface area contributed by atoms with Gasteiger partial charge in [0.2, 0.25) is 5.88 Å². The Morgan fingerprint density at radius 3 is 2.88 bits per heavy atom. The van der Waals surface area contributed by atoms with Crippen LogP contribution in [0.2, 0.25) is 0 Å². The van der Waals surface area contributed by atoms with Crippen molar-refractivity contribution in [3.05, 3.63) is 11.6 Å². The van der Waals surface area contributed by atoms with E-state index in [9.17, 15) is 0 Å². The van der Waals surface area contributed by atoms with Gasteiger partial charge in [-0.15, -0.1) is 0 Å². The second-order valence-electron chi connectivity index (χ2n) is 1.76. The number of nitrogens with one attached hydrogen (secondary N) is 1. The molecule has 0 amide bonds. The lowest BCUT2D eigenvalue weighted by atomic mass is 10.4. The maximum absolute atomic E-state index is 5.37. The SMILES string of the molecule is CC1=C(N)OCCN1. The summed E-state index contributed by atoms with van der Waals surface area (Å²) >= 11 is 0. The number of ether oxygens (including phenoxy) is 1. The van der Waals surface area contributed by atoms with Gasteiger partial charge in [0.05, 0.1) is 5.70 Å². The molecule has 46 valence electrons. The lowest BCUT2D eigenvalue weighted by Gasteiger charge is -2.16. The van der Waals surface area contributed by atoms with E-state index in [2.05, 4.69) is 5.32 Å². The molecule has 0 saturated carbocycles. The molecule has 0 atom stereocenters. The molecule has 0 unspecified atom stereocenters. The first kappa shape index (κ1) is 5.28. The van der Waals surface area contributed by atoms with E-state index in [1.54, 1.807) is 0 Å². The van der Waals surface area contributed by atoms with E-state index in [1.807, 2.05) is 6.92 Å². The topological polar surface area (TPSA) is 47.3 Å². The van der Waals surface area contributed by atoms with Gasteiger partial charge in [-0.05, 0) is 6.92 Å². The maximum Gasteiger partial charge on any atom is 0.203 e. The molecule has 0 bridgehead atoms. The second kappa shape index (κ2) is 1.94. The zero-order valence-corrected chi connectivity index (χ0v) is 4.90. The van der Waals surface area contributed by atoms with Crippen molar-refractivity contribution in [3.63, 3.8) is 0 Å². The number of nitrogens with two attached hydrogens (primary N) is 1. The van der Waals surface area contributed by atoms with Crippen LogP contribution in [0.3, 0.4) is 0 Å². The minimum Gasteiger partial charge on any atom is -0.476 e. The summed E-state index contributed by atoms with van der Waals surface area (Å²) in [5.41, 5.74) is 6.31. The van der Waals surface area contributed by atoms with E-state index >= 15 is 0 Å². The van der Waals surface area contributed by atoms with Crippen LogP contribution in [0.25, 0.3) is 0 Å². The largest absolute Gasteiger partial charge is 0.476 e. The Hall–Kier alpha value is -0.860. The second-order valence-corrected chi connectivity index (χ2v) is 1.76. The summed E-state index contributed by atoms with van der Waals surface area (Å²) in [6.45, 7) is 3.45. The van der Waals surface area contributed by atoms with Crippen molar-refractivity contribution in [1.82, 2.24) is 5.32 Å². The number of hydrogen-bond acceptors (Lipinski definition) is 3. The smallest absolute Gasteiger partial charge is 0.203 e. The van der Waals surface area contributed by atoms with Crippen LogP contribution in [-0.4, -0.2) is 13.2 Å². The standard InChI is InChI=1S/C5H10N2O/c1-4-5(6)8-3-2-7-4/h7H,2-3,6H2,1H3. The van der Waals surface area contributed by atoms with Crippen molar-refractivity contribution in [2.24, 2.45) is 5.73 Å². The third-order valence-electron chi connectivity index (χ3n) is 1.12. The molecule has 8 heavy (non-hydrogen) atoms. The quantitative estimate of drug-likeness (QED) is 0.456. The van der Waals surface area contributed by atoms with Crippen LogP contribution in [-0.2, 0) is 4.74 Å². The highest BCUT2D eigenvalue weighted by Gasteiger charge is 2.02. The Kier molecular flexibility index (Phi) is 1.28. The third-order valence-corrected chi connectivity index (χ3v) is 1.12. The van der Waals surface area contributed by atoms with Crippen molar-refractivity contribution in [1.29, 1.82) is 0 Å². The summed E-state index contributed by atoms with van der Waals surface area (Å²) in [6.07, 6.45) is 0. The first-order valence-electron chi connectivity index (χ1n) is 2.64. The van der Waals surface area contributed by atoms with E-state index in [0.29, 0.717) is 12.5 Å². The van der Waals surface area contributed by atoms with Crippen molar-refractivity contribution in [3.8, 4) is 0 Å². The monoisotopic (exact) mass is 114 g/mol. The van der Waals surface area contributed by atoms with Crippen LogP contribution < -0.4 is 11.1 Å². The zero-order valence-electron chi connectivity index (χ0n) is 4.90. The van der Waals surface area contributed by atoms with E-state index in [-0.39, 0.29) is 0 Å². The first-order valence-corrected chi connectivity index (χ1v) is 2.64. The lowest BCUT2D eigenvalue weighted by molar-refractivity contribution is 0.188. The van der Waals surface area contributed by atoms with Gasteiger partial charge >= 0.3 is 0 Å². The summed E-state index contributed by atoms with van der Waals surface area (Å²) in [4.78, 5) is 0. The molecule has 0 fully saturated rings. The zero-order chi connectivity index (χ0) is 5.98. The highest BCUT2D eigenvalue weighted by Crippen LogP contribution is 1.98. The van der Waals surface area contributed by atoms with Crippen molar-refractivity contribution in [2.75, 3.05) is 13.2 Å². The Morgan fingerprint density at radius 1 is 1.75 bits per heavy atom. The van der Waals surface area contributed by atoms with Crippen molar-refractivity contribution in [2.45, 2.75) is 6.92 Å². The summed E-state index contributed by atoms with van der Waals surface area (Å²) in [5, 5.41) is 3.06. The summed E-state index contributed by atoms with van der Waals surface area (Å²) < 4.78 is 4.98. The molecule has 0 spiro atoms. The van der Waals surface area contributed by atoms with E-state index < -0.39 is 0 Å². The minimum atomic E-state index is 0.524. The molecule has 0 radical (unpaired) electrons. The summed E-state index contributed by atoms with van der Waals surface area (Å²) in [7, 11) is 0. The Labute approximate surface area is 48.5 Å². The van der Waals surface area contributed by atoms with Crippen LogP contribution in [0.15, 0.2) is 11.6 Å². The van der Waals surface area contributed by atoms with Crippen LogP contribution in [0, 0.1) is 0 Å². The van der Waals surface area contributed by atoms with Gasteiger partial charge in [-0.2, -0.15) is 0 Å². The minimum absolute atomic E-state index is 0.524. The average Bonchev–Trinajstić information content (AvgIpc) is 1.77. The molecule has 1 aliphatic heterocycles. The fourth-order valence-corrected chi connectivity index (χ4v) is 0.595. The predicted octanol–water partition coefficient (Wildman–Crippen LogP) is -0.246. The molecule has 0 aromatic carbocycles. The average molecular weight is 114 g/mol. The number of allylic oxidation sites excluding steroid dienone is 1. The molecular weight excluding hydrogens is 104 g/mol. The molecule has 0 aromatic heterocycles. The number of hydrogen-bond donors (Lipinski definition) is 2. The van der Waals surface area contributed by atoms with Crippen LogP contribution in [0.5, 0.6) is 0 Å². The molecule has 0 aromatic rings. The molecular formula is C5H10N2O. The Morgan fingerprint density at radius 2 is 2.50 bits per heavy atom. The lowest BCUT2D eigenvalue weighted by Crippen LogP contribution is -2.28. The third kappa shape index (κ3) is 0.857. The number of rotatable bonds is 0. The van der Waals surface area contributed by atoms with Gasteiger partial charge < -0.3 is 15.8 Å².